The molecule has 0 aliphatic rings. The van der Waals surface area contributed by atoms with Crippen molar-refractivity contribution in [2.45, 2.75) is 0 Å². The molecule has 2 aromatic carbocycles. The summed E-state index contributed by atoms with van der Waals surface area (Å²) in [4.78, 5) is 9.58. The summed E-state index contributed by atoms with van der Waals surface area (Å²) in [5, 5.41) is 6.22. The molecule has 0 atom stereocenters. The fourth-order valence-electron chi connectivity index (χ4n) is 2.66. The highest BCUT2D eigenvalue weighted by Crippen LogP contribution is 2.38. The number of fused-ring (bicyclic) bond motifs is 1. The van der Waals surface area contributed by atoms with E-state index in [1.165, 1.54) is 18.5 Å². The summed E-state index contributed by atoms with van der Waals surface area (Å²) in [5.74, 6) is 0.980. The number of rotatable bonds is 4. The van der Waals surface area contributed by atoms with Crippen molar-refractivity contribution in [2.24, 2.45) is 0 Å². The van der Waals surface area contributed by atoms with Crippen LogP contribution >= 0.6 is 22.9 Å². The predicted molar refractivity (Wildman–Crippen MR) is 104 cm³/mol. The van der Waals surface area contributed by atoms with E-state index < -0.39 is 5.82 Å². The number of methoxy groups -OCH3 is 1. The summed E-state index contributed by atoms with van der Waals surface area (Å²) in [5.41, 5.74) is 2.71. The Kier molecular flexibility index (Phi) is 4.44. The van der Waals surface area contributed by atoms with E-state index in [1.54, 1.807) is 24.5 Å². The van der Waals surface area contributed by atoms with E-state index in [4.69, 9.17) is 16.3 Å². The number of ether oxygens (including phenoxy) is 1. The topological polar surface area (TPSA) is 47.0 Å². The van der Waals surface area contributed by atoms with Gasteiger partial charge in [0.15, 0.2) is 0 Å². The van der Waals surface area contributed by atoms with E-state index in [-0.39, 0.29) is 5.02 Å². The van der Waals surface area contributed by atoms with Crippen LogP contribution in [0.25, 0.3) is 21.3 Å². The summed E-state index contributed by atoms with van der Waals surface area (Å²) < 4.78 is 18.6. The molecule has 26 heavy (non-hydrogen) atoms. The first kappa shape index (κ1) is 16.8. The van der Waals surface area contributed by atoms with E-state index in [0.717, 1.165) is 27.1 Å². The fraction of sp³-hybridized carbons (Fsp3) is 0.0526. The average molecular weight is 386 g/mol. The zero-order valence-corrected chi connectivity index (χ0v) is 15.2. The molecule has 0 spiro atoms. The zero-order valence-electron chi connectivity index (χ0n) is 13.7. The van der Waals surface area contributed by atoms with Crippen LogP contribution in [0, 0.1) is 5.82 Å². The zero-order chi connectivity index (χ0) is 18.1. The van der Waals surface area contributed by atoms with Gasteiger partial charge in [0.25, 0.3) is 0 Å². The second-order valence-corrected chi connectivity index (χ2v) is 6.80. The first-order chi connectivity index (χ1) is 12.7. The molecule has 0 saturated heterocycles. The van der Waals surface area contributed by atoms with Crippen LogP contribution in [0.15, 0.2) is 54.2 Å². The van der Waals surface area contributed by atoms with Crippen molar-refractivity contribution in [3.05, 3.63) is 65.0 Å². The van der Waals surface area contributed by atoms with Crippen molar-refractivity contribution in [2.75, 3.05) is 12.4 Å². The maximum Gasteiger partial charge on any atom is 0.143 e. The SMILES string of the molecule is COc1ccc(-c2csc3ncnc(Nc4ccc(F)c(Cl)c4)c23)cc1. The van der Waals surface area contributed by atoms with Gasteiger partial charge < -0.3 is 10.1 Å². The third-order valence-corrected chi connectivity index (χ3v) is 5.13. The lowest BCUT2D eigenvalue weighted by Gasteiger charge is -2.09. The standard InChI is InChI=1S/C19H13ClFN3OS/c1-25-13-5-2-11(3-6-13)14-9-26-19-17(14)18(22-10-23-19)24-12-4-7-16(21)15(20)8-12/h2-10H,1H3,(H,22,23,24). The minimum atomic E-state index is -0.459. The van der Waals surface area contributed by atoms with Crippen LogP contribution in [0.4, 0.5) is 15.9 Å². The molecule has 0 unspecified atom stereocenters. The Morgan fingerprint density at radius 2 is 1.92 bits per heavy atom. The lowest BCUT2D eigenvalue weighted by molar-refractivity contribution is 0.415. The third kappa shape index (κ3) is 3.09. The molecule has 7 heteroatoms. The normalized spacial score (nSPS) is 10.9. The van der Waals surface area contributed by atoms with Crippen molar-refractivity contribution in [1.82, 2.24) is 9.97 Å². The van der Waals surface area contributed by atoms with Crippen LogP contribution < -0.4 is 10.1 Å². The Labute approximate surface area is 158 Å². The Bertz CT molecular complexity index is 1080. The quantitative estimate of drug-likeness (QED) is 0.475. The van der Waals surface area contributed by atoms with E-state index in [1.807, 2.05) is 29.6 Å². The summed E-state index contributed by atoms with van der Waals surface area (Å²) in [6, 6.07) is 12.3. The highest BCUT2D eigenvalue weighted by molar-refractivity contribution is 7.17. The summed E-state index contributed by atoms with van der Waals surface area (Å²) >= 11 is 7.42. The maximum atomic E-state index is 13.4. The molecule has 0 fully saturated rings. The van der Waals surface area contributed by atoms with Gasteiger partial charge in [0.2, 0.25) is 0 Å². The number of thiophene rings is 1. The molecule has 0 amide bonds. The molecule has 0 radical (unpaired) electrons. The second kappa shape index (κ2) is 6.90. The molecule has 0 aliphatic heterocycles. The minimum Gasteiger partial charge on any atom is -0.497 e. The number of hydrogen-bond donors (Lipinski definition) is 1. The number of benzene rings is 2. The highest BCUT2D eigenvalue weighted by Gasteiger charge is 2.14. The monoisotopic (exact) mass is 385 g/mol. The van der Waals surface area contributed by atoms with E-state index in [2.05, 4.69) is 15.3 Å². The minimum absolute atomic E-state index is 0.0565. The number of nitrogens with one attached hydrogen (secondary N) is 1. The van der Waals surface area contributed by atoms with Crippen LogP contribution in [0.3, 0.4) is 0 Å². The second-order valence-electron chi connectivity index (χ2n) is 5.53. The summed E-state index contributed by atoms with van der Waals surface area (Å²) in [6.45, 7) is 0. The van der Waals surface area contributed by atoms with Crippen molar-refractivity contribution in [3.63, 3.8) is 0 Å². The largest absolute Gasteiger partial charge is 0.497 e. The molecule has 0 bridgehead atoms. The Balaban J connectivity index is 1.79. The predicted octanol–water partition coefficient (Wildman–Crippen LogP) is 5.90. The lowest BCUT2D eigenvalue weighted by atomic mass is 10.1. The number of anilines is 2. The molecule has 1 N–H and O–H groups in total. The van der Waals surface area contributed by atoms with Crippen LogP contribution in [0.1, 0.15) is 0 Å². The van der Waals surface area contributed by atoms with Crippen LogP contribution in [0.2, 0.25) is 5.02 Å². The lowest BCUT2D eigenvalue weighted by Crippen LogP contribution is -1.96. The Hall–Kier alpha value is -2.70. The van der Waals surface area contributed by atoms with Crippen LogP contribution in [0.5, 0.6) is 5.75 Å². The number of nitrogens with zero attached hydrogens (tertiary/aromatic N) is 2. The molecule has 2 aromatic heterocycles. The fourth-order valence-corrected chi connectivity index (χ4v) is 3.76. The smallest absolute Gasteiger partial charge is 0.143 e. The highest BCUT2D eigenvalue weighted by atomic mass is 35.5. The first-order valence-electron chi connectivity index (χ1n) is 7.74. The summed E-state index contributed by atoms with van der Waals surface area (Å²) in [7, 11) is 1.64. The van der Waals surface area contributed by atoms with Gasteiger partial charge in [-0.25, -0.2) is 14.4 Å². The van der Waals surface area contributed by atoms with Gasteiger partial charge in [-0.3, -0.25) is 0 Å². The van der Waals surface area contributed by atoms with Gasteiger partial charge in [-0.05, 0) is 35.9 Å². The van der Waals surface area contributed by atoms with E-state index in [9.17, 15) is 4.39 Å². The molecule has 0 saturated carbocycles. The van der Waals surface area contributed by atoms with Gasteiger partial charge in [-0.1, -0.05) is 23.7 Å². The molecule has 0 aliphatic carbocycles. The van der Waals surface area contributed by atoms with Gasteiger partial charge in [0.05, 0.1) is 17.5 Å². The van der Waals surface area contributed by atoms with Crippen molar-refractivity contribution >= 4 is 44.7 Å². The molecule has 2 heterocycles. The number of halogens is 2. The van der Waals surface area contributed by atoms with E-state index >= 15 is 0 Å². The molecule has 4 aromatic rings. The Morgan fingerprint density at radius 3 is 2.65 bits per heavy atom. The van der Waals surface area contributed by atoms with Gasteiger partial charge in [0, 0.05) is 16.6 Å². The molecule has 4 rings (SSSR count). The summed E-state index contributed by atoms with van der Waals surface area (Å²) in [6.07, 6.45) is 1.50. The van der Waals surface area contributed by atoms with Gasteiger partial charge in [-0.15, -0.1) is 11.3 Å². The number of aromatic nitrogens is 2. The third-order valence-electron chi connectivity index (χ3n) is 3.95. The van der Waals surface area contributed by atoms with Gasteiger partial charge in [0.1, 0.15) is 28.5 Å². The van der Waals surface area contributed by atoms with Crippen molar-refractivity contribution in [1.29, 1.82) is 0 Å². The van der Waals surface area contributed by atoms with Gasteiger partial charge in [-0.2, -0.15) is 0 Å². The van der Waals surface area contributed by atoms with Crippen molar-refractivity contribution < 1.29 is 9.13 Å². The van der Waals surface area contributed by atoms with Crippen LogP contribution in [-0.4, -0.2) is 17.1 Å². The molecular formula is C19H13ClFN3OS. The Morgan fingerprint density at radius 1 is 1.12 bits per heavy atom. The molecule has 130 valence electrons. The first-order valence-corrected chi connectivity index (χ1v) is 9.00. The molecule has 4 nitrogen and oxygen atoms in total. The van der Waals surface area contributed by atoms with E-state index in [0.29, 0.717) is 11.5 Å². The maximum absolute atomic E-state index is 13.4. The molecular weight excluding hydrogens is 373 g/mol. The van der Waals surface area contributed by atoms with Crippen molar-refractivity contribution in [3.8, 4) is 16.9 Å². The average Bonchev–Trinajstić information content (AvgIpc) is 3.10. The number of hydrogen-bond acceptors (Lipinski definition) is 5. The van der Waals surface area contributed by atoms with Gasteiger partial charge >= 0.3 is 0 Å². The van der Waals surface area contributed by atoms with Crippen LogP contribution in [-0.2, 0) is 0 Å².